The molecule has 0 radical (unpaired) electrons. The molecule has 1 N–H and O–H groups in total. The second-order valence-electron chi connectivity index (χ2n) is 9.48. The number of ether oxygens (including phenoxy) is 1. The number of rotatable bonds is 7. The second kappa shape index (κ2) is 11.2. The third-order valence-electron chi connectivity index (χ3n) is 5.25. The fraction of sp³-hybridized carbons (Fsp3) is 0.370. The van der Waals surface area contributed by atoms with E-state index >= 15 is 0 Å². The number of hydrogen-bond acceptors (Lipinski definition) is 5. The maximum Gasteiger partial charge on any atom is 0.408 e. The number of aryl methyl sites for hydroxylation is 3. The van der Waals surface area contributed by atoms with E-state index in [0.29, 0.717) is 23.6 Å². The van der Waals surface area contributed by atoms with Crippen LogP contribution in [0.15, 0.2) is 48.5 Å². The average Bonchev–Trinajstić information content (AvgIpc) is 3.10. The van der Waals surface area contributed by atoms with Gasteiger partial charge >= 0.3 is 6.09 Å². The van der Waals surface area contributed by atoms with E-state index < -0.39 is 17.7 Å². The summed E-state index contributed by atoms with van der Waals surface area (Å²) in [5.74, 6) is -0.267. The van der Waals surface area contributed by atoms with Gasteiger partial charge in [0.15, 0.2) is 0 Å². The van der Waals surface area contributed by atoms with Crippen molar-refractivity contribution in [3.63, 3.8) is 0 Å². The Labute approximate surface area is 216 Å². The lowest BCUT2D eigenvalue weighted by molar-refractivity contribution is -0.120. The molecule has 8 heteroatoms. The lowest BCUT2D eigenvalue weighted by Gasteiger charge is -2.29. The molecule has 0 saturated heterocycles. The molecule has 1 unspecified atom stereocenters. The lowest BCUT2D eigenvalue weighted by atomic mass is 10.0. The number of carbonyl (C=O) groups is 2. The van der Waals surface area contributed by atoms with Crippen LogP contribution in [0, 0.1) is 20.8 Å². The van der Waals surface area contributed by atoms with Crippen molar-refractivity contribution < 1.29 is 14.3 Å². The summed E-state index contributed by atoms with van der Waals surface area (Å²) in [5, 5.41) is 4.96. The summed E-state index contributed by atoms with van der Waals surface area (Å²) < 4.78 is 5.46. The zero-order chi connectivity index (χ0) is 25.8. The third-order valence-corrected chi connectivity index (χ3v) is 6.59. The van der Waals surface area contributed by atoms with Crippen LogP contribution in [0.1, 0.15) is 54.2 Å². The van der Waals surface area contributed by atoms with E-state index in [9.17, 15) is 9.59 Å². The topological polar surface area (TPSA) is 71.5 Å². The van der Waals surface area contributed by atoms with Gasteiger partial charge in [0, 0.05) is 11.6 Å². The van der Waals surface area contributed by atoms with Gasteiger partial charge < -0.3 is 10.1 Å². The van der Waals surface area contributed by atoms with Gasteiger partial charge in [-0.15, -0.1) is 11.3 Å². The van der Waals surface area contributed by atoms with Crippen LogP contribution in [0.25, 0.3) is 0 Å². The minimum absolute atomic E-state index is 0.267. The standard InChI is InChI=1S/C27H32ClN3O3S/c1-17-7-9-20(10-8-17)15-16-31(25-18(2)29-19(3)35-25)24(32)23(21-11-13-22(28)14-12-21)30-26(33)34-27(4,5)6/h7-14,23H,15-16H2,1-6H3,(H,30,33). The average molecular weight is 514 g/mol. The van der Waals surface area contributed by atoms with Crippen LogP contribution in [0.3, 0.4) is 0 Å². The van der Waals surface area contributed by atoms with E-state index in [2.05, 4.69) is 34.6 Å². The van der Waals surface area contributed by atoms with Crippen LogP contribution < -0.4 is 10.2 Å². The van der Waals surface area contributed by atoms with Crippen molar-refractivity contribution in [3.05, 3.63) is 80.9 Å². The molecule has 1 aromatic heterocycles. The molecule has 0 aliphatic rings. The first-order chi connectivity index (χ1) is 16.4. The van der Waals surface area contributed by atoms with Crippen LogP contribution in [0.2, 0.25) is 5.02 Å². The van der Waals surface area contributed by atoms with Gasteiger partial charge in [-0.2, -0.15) is 0 Å². The Balaban J connectivity index is 1.96. The monoisotopic (exact) mass is 513 g/mol. The van der Waals surface area contributed by atoms with Crippen LogP contribution in [0.4, 0.5) is 9.80 Å². The zero-order valence-electron chi connectivity index (χ0n) is 21.0. The molecular formula is C27H32ClN3O3S. The molecule has 0 saturated carbocycles. The van der Waals surface area contributed by atoms with Crippen molar-refractivity contribution in [2.24, 2.45) is 0 Å². The number of thiazole rings is 1. The Kier molecular flexibility index (Phi) is 8.56. The molecule has 0 fully saturated rings. The summed E-state index contributed by atoms with van der Waals surface area (Å²) in [6.07, 6.45) is -0.0103. The van der Waals surface area contributed by atoms with Gasteiger partial charge in [-0.25, -0.2) is 9.78 Å². The minimum atomic E-state index is -0.957. The first kappa shape index (κ1) is 26.7. The van der Waals surface area contributed by atoms with Gasteiger partial charge in [0.25, 0.3) is 5.91 Å². The van der Waals surface area contributed by atoms with Crippen LogP contribution in [-0.2, 0) is 16.0 Å². The van der Waals surface area contributed by atoms with Gasteiger partial charge in [0.2, 0.25) is 0 Å². The maximum atomic E-state index is 14.1. The number of aromatic nitrogens is 1. The lowest BCUT2D eigenvalue weighted by Crippen LogP contribution is -2.45. The highest BCUT2D eigenvalue weighted by Gasteiger charge is 2.32. The third kappa shape index (κ3) is 7.54. The van der Waals surface area contributed by atoms with Gasteiger partial charge in [-0.05, 0) is 71.2 Å². The first-order valence-corrected chi connectivity index (χ1v) is 12.7. The molecule has 2 aromatic carbocycles. The number of nitrogens with one attached hydrogen (secondary N) is 1. The Morgan fingerprint density at radius 1 is 1.06 bits per heavy atom. The van der Waals surface area contributed by atoms with Gasteiger partial charge in [0.1, 0.15) is 16.6 Å². The Bertz CT molecular complexity index is 1170. The molecule has 0 aliphatic carbocycles. The predicted octanol–water partition coefficient (Wildman–Crippen LogP) is 6.56. The quantitative estimate of drug-likeness (QED) is 0.388. The second-order valence-corrected chi connectivity index (χ2v) is 11.1. The zero-order valence-corrected chi connectivity index (χ0v) is 22.6. The van der Waals surface area contributed by atoms with E-state index in [1.165, 1.54) is 16.9 Å². The molecule has 2 amide bonds. The molecular weight excluding hydrogens is 482 g/mol. The SMILES string of the molecule is Cc1ccc(CCN(C(=O)C(NC(=O)OC(C)(C)C)c2ccc(Cl)cc2)c2sc(C)nc2C)cc1. The van der Waals surface area contributed by atoms with Crippen molar-refractivity contribution in [1.82, 2.24) is 10.3 Å². The molecule has 35 heavy (non-hydrogen) atoms. The van der Waals surface area contributed by atoms with E-state index in [-0.39, 0.29) is 5.91 Å². The first-order valence-electron chi connectivity index (χ1n) is 11.5. The van der Waals surface area contributed by atoms with Gasteiger partial charge in [-0.3, -0.25) is 9.69 Å². The fourth-order valence-electron chi connectivity index (χ4n) is 3.60. The Morgan fingerprint density at radius 3 is 2.23 bits per heavy atom. The number of carbonyl (C=O) groups excluding carboxylic acids is 2. The van der Waals surface area contributed by atoms with E-state index in [4.69, 9.17) is 16.3 Å². The number of halogens is 1. The largest absolute Gasteiger partial charge is 0.444 e. The van der Waals surface area contributed by atoms with Crippen molar-refractivity contribution in [2.75, 3.05) is 11.4 Å². The molecule has 3 aromatic rings. The van der Waals surface area contributed by atoms with Crippen molar-refractivity contribution in [1.29, 1.82) is 0 Å². The maximum absolute atomic E-state index is 14.1. The number of nitrogens with zero attached hydrogens (tertiary/aromatic N) is 2. The number of alkyl carbamates (subject to hydrolysis) is 1. The number of amides is 2. The molecule has 3 rings (SSSR count). The highest BCUT2D eigenvalue weighted by molar-refractivity contribution is 7.16. The molecule has 186 valence electrons. The van der Waals surface area contributed by atoms with Gasteiger partial charge in [-0.1, -0.05) is 53.6 Å². The van der Waals surface area contributed by atoms with Crippen molar-refractivity contribution in [2.45, 2.75) is 59.6 Å². The van der Waals surface area contributed by atoms with E-state index in [1.54, 1.807) is 49.9 Å². The number of benzene rings is 2. The highest BCUT2D eigenvalue weighted by Crippen LogP contribution is 2.31. The normalized spacial score (nSPS) is 12.2. The molecule has 0 bridgehead atoms. The summed E-state index contributed by atoms with van der Waals surface area (Å²) in [6.45, 7) is 11.6. The van der Waals surface area contributed by atoms with Crippen molar-refractivity contribution in [3.8, 4) is 0 Å². The molecule has 1 heterocycles. The summed E-state index contributed by atoms with van der Waals surface area (Å²) in [4.78, 5) is 33.0. The van der Waals surface area contributed by atoms with Gasteiger partial charge in [0.05, 0.1) is 10.7 Å². The highest BCUT2D eigenvalue weighted by atomic mass is 35.5. The van der Waals surface area contributed by atoms with Crippen LogP contribution in [0.5, 0.6) is 0 Å². The molecule has 6 nitrogen and oxygen atoms in total. The predicted molar refractivity (Wildman–Crippen MR) is 142 cm³/mol. The van der Waals surface area contributed by atoms with E-state index in [0.717, 1.165) is 21.3 Å². The smallest absolute Gasteiger partial charge is 0.408 e. The molecule has 1 atom stereocenters. The van der Waals surface area contributed by atoms with Crippen LogP contribution >= 0.6 is 22.9 Å². The molecule has 0 spiro atoms. The summed E-state index contributed by atoms with van der Waals surface area (Å²) in [6, 6.07) is 14.2. The minimum Gasteiger partial charge on any atom is -0.444 e. The Hall–Kier alpha value is -2.90. The number of anilines is 1. The molecule has 0 aliphatic heterocycles. The summed E-state index contributed by atoms with van der Waals surface area (Å²) in [7, 11) is 0. The Morgan fingerprint density at radius 2 is 1.69 bits per heavy atom. The van der Waals surface area contributed by atoms with E-state index in [1.807, 2.05) is 20.8 Å². The summed E-state index contributed by atoms with van der Waals surface area (Å²) >= 11 is 7.55. The number of hydrogen-bond donors (Lipinski definition) is 1. The van der Waals surface area contributed by atoms with Crippen molar-refractivity contribution >= 4 is 39.9 Å². The van der Waals surface area contributed by atoms with Crippen LogP contribution in [-0.4, -0.2) is 29.1 Å². The summed E-state index contributed by atoms with van der Waals surface area (Å²) in [5.41, 5.74) is 2.99. The fourth-order valence-corrected chi connectivity index (χ4v) is 4.68.